The Morgan fingerprint density at radius 3 is 2.70 bits per heavy atom. The van der Waals surface area contributed by atoms with Gasteiger partial charge in [-0.05, 0) is 54.5 Å². The molecular weight excluding hydrogens is 362 g/mol. The number of rotatable bonds is 9. The molecule has 1 aliphatic carbocycles. The Balaban J connectivity index is 2.01. The number of likely N-dealkylation sites (N-methyl/N-ethyl adjacent to an activating group) is 1. The molecule has 0 spiro atoms. The van der Waals surface area contributed by atoms with E-state index >= 15 is 0 Å². The third-order valence-electron chi connectivity index (χ3n) is 4.67. The summed E-state index contributed by atoms with van der Waals surface area (Å²) in [6, 6.07) is 1.08. The maximum atomic E-state index is 12.0. The third-order valence-corrected chi connectivity index (χ3v) is 5.99. The number of nitrogens with zero attached hydrogens (tertiary/aromatic N) is 3. The van der Waals surface area contributed by atoms with Crippen LogP contribution in [0.4, 0.5) is 0 Å². The van der Waals surface area contributed by atoms with Crippen LogP contribution in [0, 0.1) is 6.92 Å². The number of guanidine groups is 1. The van der Waals surface area contributed by atoms with E-state index < -0.39 is 0 Å². The number of aryl methyl sites for hydroxylation is 1. The van der Waals surface area contributed by atoms with E-state index in [2.05, 4.69) is 34.5 Å². The van der Waals surface area contributed by atoms with Crippen molar-refractivity contribution in [2.45, 2.75) is 65.6 Å². The Hall–Kier alpha value is -1.67. The minimum absolute atomic E-state index is 0.0499. The Labute approximate surface area is 166 Å². The topological polar surface area (TPSA) is 78.9 Å². The quantitative estimate of drug-likeness (QED) is 0.380. The molecule has 27 heavy (non-hydrogen) atoms. The average molecular weight is 396 g/mol. The minimum atomic E-state index is -0.302. The molecule has 1 aromatic heterocycles. The lowest BCUT2D eigenvalue weighted by atomic mass is 10.3. The summed E-state index contributed by atoms with van der Waals surface area (Å²) in [5.74, 6) is 0.468. The van der Waals surface area contributed by atoms with Crippen LogP contribution in [0.5, 0.6) is 0 Å². The van der Waals surface area contributed by atoms with Crippen molar-refractivity contribution >= 4 is 23.3 Å². The van der Waals surface area contributed by atoms with Gasteiger partial charge < -0.3 is 15.4 Å². The molecule has 0 saturated heterocycles. The summed E-state index contributed by atoms with van der Waals surface area (Å²) in [6.45, 7) is 11.8. The lowest BCUT2D eigenvalue weighted by Crippen LogP contribution is -2.40. The van der Waals surface area contributed by atoms with E-state index in [9.17, 15) is 4.79 Å². The number of ether oxygens (including phenoxy) is 1. The van der Waals surface area contributed by atoms with Crippen molar-refractivity contribution in [1.29, 1.82) is 0 Å². The molecule has 152 valence electrons. The first-order valence-electron chi connectivity index (χ1n) is 9.78. The molecule has 2 rings (SSSR count). The Morgan fingerprint density at radius 2 is 2.11 bits per heavy atom. The van der Waals surface area contributed by atoms with Gasteiger partial charge in [-0.2, -0.15) is 0 Å². The van der Waals surface area contributed by atoms with Gasteiger partial charge in [0.2, 0.25) is 0 Å². The first kappa shape index (κ1) is 21.6. The smallest absolute Gasteiger partial charge is 0.350 e. The fraction of sp³-hybridized carbons (Fsp3) is 0.737. The van der Waals surface area contributed by atoms with Crippen molar-refractivity contribution in [1.82, 2.24) is 20.5 Å². The van der Waals surface area contributed by atoms with Crippen molar-refractivity contribution in [2.75, 3.05) is 26.7 Å². The molecule has 0 aliphatic heterocycles. The summed E-state index contributed by atoms with van der Waals surface area (Å²) in [5.41, 5.74) is 0.712. The van der Waals surface area contributed by atoms with Crippen LogP contribution in [0.15, 0.2) is 4.99 Å². The van der Waals surface area contributed by atoms with Crippen LogP contribution in [0.3, 0.4) is 0 Å². The molecule has 7 nitrogen and oxygen atoms in total. The van der Waals surface area contributed by atoms with Crippen LogP contribution in [0.2, 0.25) is 0 Å². The van der Waals surface area contributed by atoms with E-state index in [4.69, 9.17) is 9.73 Å². The van der Waals surface area contributed by atoms with Gasteiger partial charge in [-0.25, -0.2) is 9.78 Å². The number of hydrogen-bond acceptors (Lipinski definition) is 6. The van der Waals surface area contributed by atoms with E-state index in [0.29, 0.717) is 23.2 Å². The molecule has 1 aromatic rings. The fourth-order valence-corrected chi connectivity index (χ4v) is 3.73. The maximum Gasteiger partial charge on any atom is 0.350 e. The van der Waals surface area contributed by atoms with Crippen LogP contribution < -0.4 is 10.6 Å². The summed E-state index contributed by atoms with van der Waals surface area (Å²) in [4.78, 5) is 24.3. The van der Waals surface area contributed by atoms with E-state index in [1.807, 2.05) is 20.8 Å². The van der Waals surface area contributed by atoms with Crippen LogP contribution in [-0.4, -0.2) is 60.6 Å². The number of esters is 1. The van der Waals surface area contributed by atoms with Gasteiger partial charge in [-0.15, -0.1) is 11.3 Å². The van der Waals surface area contributed by atoms with Crippen molar-refractivity contribution < 1.29 is 9.53 Å². The van der Waals surface area contributed by atoms with Gasteiger partial charge in [0, 0.05) is 18.6 Å². The average Bonchev–Trinajstić information content (AvgIpc) is 3.40. The van der Waals surface area contributed by atoms with Crippen molar-refractivity contribution in [3.63, 3.8) is 0 Å². The number of nitrogens with one attached hydrogen (secondary N) is 2. The summed E-state index contributed by atoms with van der Waals surface area (Å²) < 4.78 is 5.10. The van der Waals surface area contributed by atoms with Crippen LogP contribution in [0.25, 0.3) is 0 Å². The SMILES string of the molecule is CCNC(=NCC(C)N(C)C1CC1)NC(C)c1nc(C)c(C(=O)OCC)s1. The molecule has 2 atom stereocenters. The molecule has 0 radical (unpaired) electrons. The first-order chi connectivity index (χ1) is 12.9. The largest absolute Gasteiger partial charge is 0.462 e. The predicted octanol–water partition coefficient (Wildman–Crippen LogP) is 2.73. The van der Waals surface area contributed by atoms with E-state index in [1.165, 1.54) is 24.2 Å². The second-order valence-electron chi connectivity index (χ2n) is 7.02. The fourth-order valence-electron chi connectivity index (χ4n) is 2.77. The van der Waals surface area contributed by atoms with Gasteiger partial charge in [-0.1, -0.05) is 0 Å². The number of aliphatic imine (C=N–C) groups is 1. The zero-order chi connectivity index (χ0) is 20.0. The molecule has 0 amide bonds. The molecule has 8 heteroatoms. The summed E-state index contributed by atoms with van der Waals surface area (Å²) in [7, 11) is 2.18. The molecule has 1 heterocycles. The summed E-state index contributed by atoms with van der Waals surface area (Å²) in [5, 5.41) is 7.54. The van der Waals surface area contributed by atoms with Gasteiger partial charge in [0.25, 0.3) is 0 Å². The van der Waals surface area contributed by atoms with Crippen molar-refractivity contribution in [3.05, 3.63) is 15.6 Å². The zero-order valence-electron chi connectivity index (χ0n) is 17.3. The van der Waals surface area contributed by atoms with Gasteiger partial charge in [-0.3, -0.25) is 9.89 Å². The highest BCUT2D eigenvalue weighted by Crippen LogP contribution is 2.27. The normalized spacial score (nSPS) is 16.9. The molecule has 2 unspecified atom stereocenters. The van der Waals surface area contributed by atoms with E-state index in [1.54, 1.807) is 6.92 Å². The van der Waals surface area contributed by atoms with Gasteiger partial charge >= 0.3 is 5.97 Å². The molecule has 1 fully saturated rings. The second kappa shape index (κ2) is 10.0. The molecule has 1 aliphatic rings. The van der Waals surface area contributed by atoms with Gasteiger partial charge in [0.15, 0.2) is 5.96 Å². The van der Waals surface area contributed by atoms with E-state index in [0.717, 1.165) is 30.1 Å². The molecule has 1 saturated carbocycles. The number of carbonyl (C=O) groups is 1. The Bertz CT molecular complexity index is 657. The van der Waals surface area contributed by atoms with Gasteiger partial charge in [0.05, 0.1) is 24.9 Å². The highest BCUT2D eigenvalue weighted by molar-refractivity contribution is 7.13. The molecule has 0 bridgehead atoms. The number of aromatic nitrogens is 1. The van der Waals surface area contributed by atoms with E-state index in [-0.39, 0.29) is 12.0 Å². The minimum Gasteiger partial charge on any atom is -0.462 e. The highest BCUT2D eigenvalue weighted by atomic mass is 32.1. The van der Waals surface area contributed by atoms with Crippen LogP contribution in [-0.2, 0) is 4.74 Å². The van der Waals surface area contributed by atoms with Crippen LogP contribution >= 0.6 is 11.3 Å². The van der Waals surface area contributed by atoms with Gasteiger partial charge in [0.1, 0.15) is 9.88 Å². The lowest BCUT2D eigenvalue weighted by molar-refractivity contribution is 0.0531. The monoisotopic (exact) mass is 395 g/mol. The lowest BCUT2D eigenvalue weighted by Gasteiger charge is -2.23. The van der Waals surface area contributed by atoms with Crippen molar-refractivity contribution in [2.24, 2.45) is 4.99 Å². The molecular formula is C19H33N5O2S. The number of carbonyl (C=O) groups excluding carboxylic acids is 1. The third kappa shape index (κ3) is 6.17. The van der Waals surface area contributed by atoms with Crippen molar-refractivity contribution in [3.8, 4) is 0 Å². The predicted molar refractivity (Wildman–Crippen MR) is 111 cm³/mol. The first-order valence-corrected chi connectivity index (χ1v) is 10.6. The zero-order valence-corrected chi connectivity index (χ0v) is 18.2. The summed E-state index contributed by atoms with van der Waals surface area (Å²) in [6.07, 6.45) is 2.60. The standard InChI is InChI=1S/C19H33N5O2S/c1-7-20-19(21-11-12(3)24(6)15-9-10-15)23-14(5)17-22-13(4)16(27-17)18(25)26-8-2/h12,14-15H,7-11H2,1-6H3,(H2,20,21,23). The Morgan fingerprint density at radius 1 is 1.41 bits per heavy atom. The summed E-state index contributed by atoms with van der Waals surface area (Å²) >= 11 is 1.38. The number of thiazole rings is 1. The molecule has 2 N–H and O–H groups in total. The Kier molecular flexibility index (Phi) is 8.04. The second-order valence-corrected chi connectivity index (χ2v) is 8.05. The molecule has 0 aromatic carbocycles. The maximum absolute atomic E-state index is 12.0. The number of hydrogen-bond donors (Lipinski definition) is 2. The highest BCUT2D eigenvalue weighted by Gasteiger charge is 2.29. The van der Waals surface area contributed by atoms with Crippen LogP contribution in [0.1, 0.15) is 67.0 Å².